The fraction of sp³-hybridized carbons (Fsp3) is 0.467. The molecule has 1 aromatic carbocycles. The zero-order valence-electron chi connectivity index (χ0n) is 12.6. The molecule has 2 N–H and O–H groups in total. The fourth-order valence-corrected chi connectivity index (χ4v) is 2.91. The maximum Gasteiger partial charge on any atom is 0.240 e. The Labute approximate surface area is 131 Å². The molecule has 1 aromatic rings. The Hall–Kier alpha value is -1.91. The molecule has 0 atom stereocenters. The molecule has 0 saturated carbocycles. The van der Waals surface area contributed by atoms with Gasteiger partial charge in [-0.3, -0.25) is 4.79 Å². The first-order chi connectivity index (χ1) is 10.5. The summed E-state index contributed by atoms with van der Waals surface area (Å²) in [6.07, 6.45) is 3.78. The van der Waals surface area contributed by atoms with Crippen molar-refractivity contribution in [2.45, 2.75) is 43.9 Å². The first kappa shape index (κ1) is 18.1. The molecular formula is C15H21N3O3S. The number of nitrogens with one attached hydrogen (secondary N) is 2. The number of hydrogen-bond donors (Lipinski definition) is 2. The van der Waals surface area contributed by atoms with E-state index in [9.17, 15) is 13.2 Å². The van der Waals surface area contributed by atoms with Crippen LogP contribution in [0.25, 0.3) is 0 Å². The van der Waals surface area contributed by atoms with E-state index in [1.54, 1.807) is 6.07 Å². The van der Waals surface area contributed by atoms with Gasteiger partial charge in [0.25, 0.3) is 0 Å². The van der Waals surface area contributed by atoms with E-state index >= 15 is 0 Å². The van der Waals surface area contributed by atoms with Gasteiger partial charge in [-0.2, -0.15) is 5.26 Å². The summed E-state index contributed by atoms with van der Waals surface area (Å²) in [7, 11) is -3.52. The van der Waals surface area contributed by atoms with E-state index < -0.39 is 15.9 Å². The largest absolute Gasteiger partial charge is 0.325 e. The van der Waals surface area contributed by atoms with Crippen LogP contribution >= 0.6 is 0 Å². The molecule has 0 aromatic heterocycles. The number of amides is 1. The van der Waals surface area contributed by atoms with Gasteiger partial charge in [0, 0.05) is 12.2 Å². The molecule has 1 amide bonds. The number of benzene rings is 1. The second-order valence-corrected chi connectivity index (χ2v) is 6.63. The van der Waals surface area contributed by atoms with Gasteiger partial charge in [-0.05, 0) is 30.7 Å². The molecule has 0 spiro atoms. The lowest BCUT2D eigenvalue weighted by Gasteiger charge is -2.08. The van der Waals surface area contributed by atoms with Crippen LogP contribution < -0.4 is 10.0 Å². The lowest BCUT2D eigenvalue weighted by molar-refractivity contribution is -0.115. The Kier molecular flexibility index (Phi) is 7.57. The number of sulfonamides is 1. The summed E-state index contributed by atoms with van der Waals surface area (Å²) in [5, 5.41) is 10.9. The van der Waals surface area contributed by atoms with Gasteiger partial charge >= 0.3 is 0 Å². The van der Waals surface area contributed by atoms with Crippen molar-refractivity contribution in [3.63, 3.8) is 0 Å². The van der Waals surface area contributed by atoms with Gasteiger partial charge in [0.1, 0.15) is 6.42 Å². The summed E-state index contributed by atoms with van der Waals surface area (Å²) in [4.78, 5) is 11.4. The summed E-state index contributed by atoms with van der Waals surface area (Å²) < 4.78 is 26.7. The van der Waals surface area contributed by atoms with E-state index in [0.29, 0.717) is 12.2 Å². The van der Waals surface area contributed by atoms with Crippen LogP contribution in [0.15, 0.2) is 29.2 Å². The Morgan fingerprint density at radius 2 is 1.86 bits per heavy atom. The number of carbonyl (C=O) groups excluding carboxylic acids is 1. The van der Waals surface area contributed by atoms with Crippen LogP contribution in [-0.2, 0) is 14.8 Å². The predicted octanol–water partition coefficient (Wildman–Crippen LogP) is 2.40. The third-order valence-corrected chi connectivity index (χ3v) is 4.49. The van der Waals surface area contributed by atoms with Crippen LogP contribution in [-0.4, -0.2) is 20.9 Å². The summed E-state index contributed by atoms with van der Waals surface area (Å²) >= 11 is 0. The summed E-state index contributed by atoms with van der Waals surface area (Å²) in [5.74, 6) is -0.424. The van der Waals surface area contributed by atoms with E-state index in [2.05, 4.69) is 17.0 Å². The SMILES string of the molecule is CCCCCCNS(=O)(=O)c1ccc(NC(=O)CC#N)cc1. The molecular weight excluding hydrogens is 302 g/mol. The minimum Gasteiger partial charge on any atom is -0.325 e. The Morgan fingerprint density at radius 1 is 1.18 bits per heavy atom. The van der Waals surface area contributed by atoms with Crippen molar-refractivity contribution in [3.05, 3.63) is 24.3 Å². The highest BCUT2D eigenvalue weighted by atomic mass is 32.2. The lowest BCUT2D eigenvalue weighted by atomic mass is 10.2. The van der Waals surface area contributed by atoms with Crippen LogP contribution in [0, 0.1) is 11.3 Å². The molecule has 22 heavy (non-hydrogen) atoms. The zero-order chi connectivity index (χ0) is 16.4. The maximum atomic E-state index is 12.1. The van der Waals surface area contributed by atoms with Gasteiger partial charge in [-0.1, -0.05) is 26.2 Å². The second kappa shape index (κ2) is 9.18. The third-order valence-electron chi connectivity index (χ3n) is 3.01. The van der Waals surface area contributed by atoms with E-state index in [1.807, 2.05) is 0 Å². The molecule has 0 fully saturated rings. The molecule has 1 rings (SSSR count). The normalized spacial score (nSPS) is 10.9. The van der Waals surface area contributed by atoms with Gasteiger partial charge in [0.15, 0.2) is 0 Å². The number of anilines is 1. The lowest BCUT2D eigenvalue weighted by Crippen LogP contribution is -2.24. The molecule has 0 heterocycles. The van der Waals surface area contributed by atoms with Crippen molar-refractivity contribution in [3.8, 4) is 6.07 Å². The number of nitriles is 1. The quantitative estimate of drug-likeness (QED) is 0.682. The smallest absolute Gasteiger partial charge is 0.240 e. The van der Waals surface area contributed by atoms with Crippen molar-refractivity contribution < 1.29 is 13.2 Å². The number of carbonyl (C=O) groups is 1. The highest BCUT2D eigenvalue weighted by molar-refractivity contribution is 7.89. The Morgan fingerprint density at radius 3 is 2.45 bits per heavy atom. The predicted molar refractivity (Wildman–Crippen MR) is 84.6 cm³/mol. The topological polar surface area (TPSA) is 99.1 Å². The van der Waals surface area contributed by atoms with Crippen molar-refractivity contribution in [2.24, 2.45) is 0 Å². The fourth-order valence-electron chi connectivity index (χ4n) is 1.84. The van der Waals surface area contributed by atoms with E-state index in [4.69, 9.17) is 5.26 Å². The van der Waals surface area contributed by atoms with Gasteiger partial charge < -0.3 is 5.32 Å². The molecule has 0 aliphatic rings. The summed E-state index contributed by atoms with van der Waals surface area (Å²) in [5.41, 5.74) is 0.460. The second-order valence-electron chi connectivity index (χ2n) is 4.87. The molecule has 0 aliphatic carbocycles. The molecule has 120 valence electrons. The zero-order valence-corrected chi connectivity index (χ0v) is 13.4. The van der Waals surface area contributed by atoms with Crippen molar-refractivity contribution in [1.82, 2.24) is 4.72 Å². The number of hydrogen-bond acceptors (Lipinski definition) is 4. The standard InChI is InChI=1S/C15H21N3O3S/c1-2-3-4-5-12-17-22(20,21)14-8-6-13(7-9-14)18-15(19)10-11-16/h6-9,17H,2-5,10,12H2,1H3,(H,18,19). The van der Waals surface area contributed by atoms with Gasteiger partial charge in [-0.25, -0.2) is 13.1 Å². The molecule has 0 bridgehead atoms. The highest BCUT2D eigenvalue weighted by Gasteiger charge is 2.13. The third kappa shape index (κ3) is 6.24. The van der Waals surface area contributed by atoms with Crippen molar-refractivity contribution in [2.75, 3.05) is 11.9 Å². The molecule has 0 unspecified atom stereocenters. The van der Waals surface area contributed by atoms with Crippen LogP contribution in [0.3, 0.4) is 0 Å². The number of unbranched alkanes of at least 4 members (excludes halogenated alkanes) is 3. The Bertz CT molecular complexity index is 618. The summed E-state index contributed by atoms with van der Waals surface area (Å²) in [6, 6.07) is 7.60. The average molecular weight is 323 g/mol. The van der Waals surface area contributed by atoms with Crippen LogP contribution in [0.2, 0.25) is 0 Å². The number of rotatable bonds is 9. The minimum absolute atomic E-state index is 0.154. The molecule has 6 nitrogen and oxygen atoms in total. The van der Waals surface area contributed by atoms with Gasteiger partial charge in [0.2, 0.25) is 15.9 Å². The first-order valence-corrected chi connectivity index (χ1v) is 8.74. The van der Waals surface area contributed by atoms with E-state index in [1.165, 1.54) is 24.3 Å². The van der Waals surface area contributed by atoms with E-state index in [0.717, 1.165) is 25.7 Å². The van der Waals surface area contributed by atoms with Gasteiger partial charge in [-0.15, -0.1) is 0 Å². The van der Waals surface area contributed by atoms with Crippen LogP contribution in [0.1, 0.15) is 39.0 Å². The van der Waals surface area contributed by atoms with Gasteiger partial charge in [0.05, 0.1) is 11.0 Å². The minimum atomic E-state index is -3.52. The number of nitrogens with zero attached hydrogens (tertiary/aromatic N) is 1. The molecule has 0 saturated heterocycles. The Balaban J connectivity index is 2.57. The van der Waals surface area contributed by atoms with Crippen LogP contribution in [0.5, 0.6) is 0 Å². The molecule has 0 aliphatic heterocycles. The average Bonchev–Trinajstić information content (AvgIpc) is 2.48. The van der Waals surface area contributed by atoms with Crippen molar-refractivity contribution in [1.29, 1.82) is 5.26 Å². The van der Waals surface area contributed by atoms with Crippen LogP contribution in [0.4, 0.5) is 5.69 Å². The first-order valence-electron chi connectivity index (χ1n) is 7.26. The van der Waals surface area contributed by atoms with Crippen molar-refractivity contribution >= 4 is 21.6 Å². The molecule has 0 radical (unpaired) electrons. The maximum absolute atomic E-state index is 12.1. The summed E-state index contributed by atoms with van der Waals surface area (Å²) in [6.45, 7) is 2.52. The van der Waals surface area contributed by atoms with E-state index in [-0.39, 0.29) is 11.3 Å². The highest BCUT2D eigenvalue weighted by Crippen LogP contribution is 2.14. The molecule has 7 heteroatoms. The monoisotopic (exact) mass is 323 g/mol.